The van der Waals surface area contributed by atoms with Crippen molar-refractivity contribution in [1.29, 1.82) is 0 Å². The highest BCUT2D eigenvalue weighted by atomic mass is 16.1. The Balaban J connectivity index is 2.03. The van der Waals surface area contributed by atoms with Gasteiger partial charge in [-0.25, -0.2) is 0 Å². The number of ketones is 1. The lowest BCUT2D eigenvalue weighted by molar-refractivity contribution is -0.118. The third kappa shape index (κ3) is 2.96. The monoisotopic (exact) mass is 220 g/mol. The lowest BCUT2D eigenvalue weighted by atomic mass is 9.71. The topological polar surface area (TPSA) is 17.1 Å². The molecule has 2 unspecified atom stereocenters. The van der Waals surface area contributed by atoms with Crippen LogP contribution in [0.2, 0.25) is 0 Å². The van der Waals surface area contributed by atoms with Gasteiger partial charge in [0.15, 0.2) is 0 Å². The molecule has 1 nitrogen and oxygen atoms in total. The van der Waals surface area contributed by atoms with Crippen molar-refractivity contribution in [3.05, 3.63) is 11.6 Å². The minimum absolute atomic E-state index is 0.383. The zero-order chi connectivity index (χ0) is 11.4. The molecule has 16 heavy (non-hydrogen) atoms. The van der Waals surface area contributed by atoms with E-state index in [9.17, 15) is 4.79 Å². The fourth-order valence-corrected chi connectivity index (χ4v) is 3.51. The van der Waals surface area contributed by atoms with Gasteiger partial charge < -0.3 is 4.79 Å². The van der Waals surface area contributed by atoms with Gasteiger partial charge in [0.2, 0.25) is 0 Å². The van der Waals surface area contributed by atoms with E-state index in [1.165, 1.54) is 51.4 Å². The molecule has 0 aromatic rings. The lowest BCUT2D eigenvalue weighted by Gasteiger charge is -2.34. The van der Waals surface area contributed by atoms with Gasteiger partial charge in [-0.15, -0.1) is 0 Å². The van der Waals surface area contributed by atoms with Crippen LogP contribution in [0.1, 0.15) is 64.7 Å². The van der Waals surface area contributed by atoms with Gasteiger partial charge in [-0.1, -0.05) is 24.5 Å². The number of carbonyl (C=O) groups is 1. The Labute approximate surface area is 99.3 Å². The molecule has 1 fully saturated rings. The highest BCUT2D eigenvalue weighted by molar-refractivity contribution is 5.75. The SMILES string of the molecule is CC(=O)CC1CCCCC1C1=CCCCC1. The summed E-state index contributed by atoms with van der Waals surface area (Å²) in [4.78, 5) is 11.3. The molecule has 0 aliphatic heterocycles. The fraction of sp³-hybridized carbons (Fsp3) is 0.800. The summed E-state index contributed by atoms with van der Waals surface area (Å²) in [7, 11) is 0. The zero-order valence-electron chi connectivity index (χ0n) is 10.5. The first-order valence-electron chi connectivity index (χ1n) is 6.95. The van der Waals surface area contributed by atoms with E-state index >= 15 is 0 Å². The van der Waals surface area contributed by atoms with E-state index in [4.69, 9.17) is 0 Å². The number of allylic oxidation sites excluding steroid dienone is 2. The molecule has 0 aromatic heterocycles. The summed E-state index contributed by atoms with van der Waals surface area (Å²) < 4.78 is 0. The average molecular weight is 220 g/mol. The number of Topliss-reactive ketones (excluding diaryl/α,β-unsaturated/α-hetero) is 1. The molecule has 1 heteroatoms. The molecule has 2 rings (SSSR count). The van der Waals surface area contributed by atoms with Gasteiger partial charge in [0, 0.05) is 6.42 Å². The maximum Gasteiger partial charge on any atom is 0.130 e. The van der Waals surface area contributed by atoms with Crippen molar-refractivity contribution in [2.75, 3.05) is 0 Å². The fourth-order valence-electron chi connectivity index (χ4n) is 3.51. The quantitative estimate of drug-likeness (QED) is 0.649. The molecule has 2 atom stereocenters. The summed E-state index contributed by atoms with van der Waals surface area (Å²) in [6.45, 7) is 1.75. The van der Waals surface area contributed by atoms with E-state index in [1.54, 1.807) is 12.5 Å². The minimum atomic E-state index is 0.383. The van der Waals surface area contributed by atoms with Gasteiger partial charge in [-0.2, -0.15) is 0 Å². The van der Waals surface area contributed by atoms with E-state index in [-0.39, 0.29) is 0 Å². The van der Waals surface area contributed by atoms with Crippen LogP contribution in [0, 0.1) is 11.8 Å². The second kappa shape index (κ2) is 5.65. The molecule has 0 bridgehead atoms. The molecule has 0 heterocycles. The average Bonchev–Trinajstić information content (AvgIpc) is 2.30. The van der Waals surface area contributed by atoms with E-state index in [2.05, 4.69) is 6.08 Å². The first kappa shape index (κ1) is 11.9. The van der Waals surface area contributed by atoms with Crippen LogP contribution in [-0.4, -0.2) is 5.78 Å². The van der Waals surface area contributed by atoms with Gasteiger partial charge in [0.1, 0.15) is 5.78 Å². The summed E-state index contributed by atoms with van der Waals surface area (Å²) in [6, 6.07) is 0. The molecule has 0 N–H and O–H groups in total. The van der Waals surface area contributed by atoms with Gasteiger partial charge in [-0.05, 0) is 57.3 Å². The van der Waals surface area contributed by atoms with Crippen molar-refractivity contribution >= 4 is 5.78 Å². The van der Waals surface area contributed by atoms with E-state index in [1.807, 2.05) is 0 Å². The maximum absolute atomic E-state index is 11.3. The van der Waals surface area contributed by atoms with Crippen LogP contribution in [0.3, 0.4) is 0 Å². The van der Waals surface area contributed by atoms with E-state index < -0.39 is 0 Å². The first-order valence-corrected chi connectivity index (χ1v) is 6.95. The maximum atomic E-state index is 11.3. The number of hydrogen-bond donors (Lipinski definition) is 0. The first-order chi connectivity index (χ1) is 7.77. The summed E-state index contributed by atoms with van der Waals surface area (Å²) >= 11 is 0. The molecule has 2 aliphatic carbocycles. The number of hydrogen-bond acceptors (Lipinski definition) is 1. The van der Waals surface area contributed by atoms with Gasteiger partial charge >= 0.3 is 0 Å². The standard InChI is InChI=1S/C15H24O/c1-12(16)11-14-9-5-6-10-15(14)13-7-3-2-4-8-13/h7,14-15H,2-6,8-11H2,1H3. The molecule has 1 saturated carbocycles. The largest absolute Gasteiger partial charge is 0.300 e. The second-order valence-electron chi connectivity index (χ2n) is 5.58. The van der Waals surface area contributed by atoms with Crippen molar-refractivity contribution in [2.24, 2.45) is 11.8 Å². The van der Waals surface area contributed by atoms with Crippen LogP contribution in [-0.2, 0) is 4.79 Å². The minimum Gasteiger partial charge on any atom is -0.300 e. The van der Waals surface area contributed by atoms with Crippen LogP contribution in [0.5, 0.6) is 0 Å². The van der Waals surface area contributed by atoms with Crippen LogP contribution < -0.4 is 0 Å². The van der Waals surface area contributed by atoms with Crippen molar-refractivity contribution in [3.8, 4) is 0 Å². The zero-order valence-corrected chi connectivity index (χ0v) is 10.5. The summed E-state index contributed by atoms with van der Waals surface area (Å²) in [5.41, 5.74) is 1.69. The third-order valence-electron chi connectivity index (χ3n) is 4.26. The Kier molecular flexibility index (Phi) is 4.20. The van der Waals surface area contributed by atoms with Crippen molar-refractivity contribution in [3.63, 3.8) is 0 Å². The molecule has 0 spiro atoms. The van der Waals surface area contributed by atoms with Gasteiger partial charge in [0.25, 0.3) is 0 Å². The van der Waals surface area contributed by atoms with Crippen molar-refractivity contribution < 1.29 is 4.79 Å². The lowest BCUT2D eigenvalue weighted by Crippen LogP contribution is -2.24. The van der Waals surface area contributed by atoms with Crippen molar-refractivity contribution in [2.45, 2.75) is 64.7 Å². The van der Waals surface area contributed by atoms with Crippen LogP contribution >= 0.6 is 0 Å². The third-order valence-corrected chi connectivity index (χ3v) is 4.26. The summed E-state index contributed by atoms with van der Waals surface area (Å²) in [5, 5.41) is 0. The highest BCUT2D eigenvalue weighted by Crippen LogP contribution is 2.40. The van der Waals surface area contributed by atoms with Crippen LogP contribution in [0.15, 0.2) is 11.6 Å². The summed E-state index contributed by atoms with van der Waals surface area (Å²) in [6.07, 6.45) is 13.9. The molecular weight excluding hydrogens is 196 g/mol. The molecular formula is C15H24O. The molecule has 0 amide bonds. The van der Waals surface area contributed by atoms with Crippen LogP contribution in [0.4, 0.5) is 0 Å². The van der Waals surface area contributed by atoms with Crippen LogP contribution in [0.25, 0.3) is 0 Å². The van der Waals surface area contributed by atoms with Gasteiger partial charge in [0.05, 0.1) is 0 Å². The molecule has 0 aromatic carbocycles. The van der Waals surface area contributed by atoms with Gasteiger partial charge in [-0.3, -0.25) is 0 Å². The second-order valence-corrected chi connectivity index (χ2v) is 5.58. The predicted octanol–water partition coefficient (Wildman–Crippen LogP) is 4.27. The Morgan fingerprint density at radius 3 is 2.75 bits per heavy atom. The predicted molar refractivity (Wildman–Crippen MR) is 67.3 cm³/mol. The number of carbonyl (C=O) groups excluding carboxylic acids is 1. The van der Waals surface area contributed by atoms with E-state index in [0.717, 1.165) is 12.3 Å². The summed E-state index contributed by atoms with van der Waals surface area (Å²) in [5.74, 6) is 1.79. The Morgan fingerprint density at radius 1 is 1.25 bits per heavy atom. The normalized spacial score (nSPS) is 30.9. The molecule has 0 radical (unpaired) electrons. The number of rotatable bonds is 3. The molecule has 90 valence electrons. The Bertz CT molecular complexity index is 277. The smallest absolute Gasteiger partial charge is 0.130 e. The van der Waals surface area contributed by atoms with E-state index in [0.29, 0.717) is 11.7 Å². The van der Waals surface area contributed by atoms with Crippen molar-refractivity contribution in [1.82, 2.24) is 0 Å². The Hall–Kier alpha value is -0.590. The molecule has 0 saturated heterocycles. The Morgan fingerprint density at radius 2 is 2.06 bits per heavy atom. The highest BCUT2D eigenvalue weighted by Gasteiger charge is 2.28. The molecule has 2 aliphatic rings.